The maximum Gasteiger partial charge on any atom is 0.364 e. The van der Waals surface area contributed by atoms with Crippen LogP contribution in [0.5, 0.6) is 5.88 Å². The first-order chi connectivity index (χ1) is 10.7. The summed E-state index contributed by atoms with van der Waals surface area (Å²) in [6.45, 7) is 2.04. The van der Waals surface area contributed by atoms with Gasteiger partial charge in [0, 0.05) is 6.42 Å². The first kappa shape index (κ1) is 15.0. The van der Waals surface area contributed by atoms with E-state index in [0.29, 0.717) is 12.5 Å². The molecule has 1 aromatic carbocycles. The SMILES string of the molecule is CCOC(=O)c1nnn(P)c1OC1CCc2ccccc2C1. The highest BCUT2D eigenvalue weighted by Gasteiger charge is 2.26. The Labute approximate surface area is 131 Å². The molecule has 0 fully saturated rings. The van der Waals surface area contributed by atoms with Crippen molar-refractivity contribution < 1.29 is 14.3 Å². The summed E-state index contributed by atoms with van der Waals surface area (Å²) in [5.41, 5.74) is 2.78. The minimum Gasteiger partial charge on any atom is -0.472 e. The summed E-state index contributed by atoms with van der Waals surface area (Å²) in [5, 5.41) is 7.67. The third-order valence-electron chi connectivity index (χ3n) is 3.70. The predicted octanol–water partition coefficient (Wildman–Crippen LogP) is 2.03. The summed E-state index contributed by atoms with van der Waals surface area (Å²) < 4.78 is 12.4. The summed E-state index contributed by atoms with van der Waals surface area (Å²) >= 11 is 0. The Kier molecular flexibility index (Phi) is 4.39. The number of nitrogens with zero attached hydrogens (tertiary/aromatic N) is 3. The second kappa shape index (κ2) is 6.44. The van der Waals surface area contributed by atoms with Gasteiger partial charge in [-0.25, -0.2) is 4.79 Å². The minimum atomic E-state index is -0.512. The first-order valence-corrected chi connectivity index (χ1v) is 7.82. The van der Waals surface area contributed by atoms with Crippen LogP contribution in [0.25, 0.3) is 0 Å². The maximum absolute atomic E-state index is 11.9. The predicted molar refractivity (Wildman–Crippen MR) is 84.0 cm³/mol. The van der Waals surface area contributed by atoms with E-state index in [4.69, 9.17) is 9.47 Å². The van der Waals surface area contributed by atoms with Crippen molar-refractivity contribution >= 4 is 15.4 Å². The lowest BCUT2D eigenvalue weighted by Gasteiger charge is -2.25. The van der Waals surface area contributed by atoms with E-state index in [-0.39, 0.29) is 11.8 Å². The average Bonchev–Trinajstić information content (AvgIpc) is 2.89. The molecule has 1 aromatic heterocycles. The van der Waals surface area contributed by atoms with Gasteiger partial charge in [0.05, 0.1) is 6.61 Å². The van der Waals surface area contributed by atoms with E-state index < -0.39 is 5.97 Å². The van der Waals surface area contributed by atoms with E-state index in [0.717, 1.165) is 19.3 Å². The van der Waals surface area contributed by atoms with E-state index in [1.807, 2.05) is 6.07 Å². The fourth-order valence-corrected chi connectivity index (χ4v) is 2.88. The van der Waals surface area contributed by atoms with Crippen LogP contribution in [0.3, 0.4) is 0 Å². The van der Waals surface area contributed by atoms with Gasteiger partial charge >= 0.3 is 5.97 Å². The van der Waals surface area contributed by atoms with Gasteiger partial charge in [0.15, 0.2) is 0 Å². The van der Waals surface area contributed by atoms with Crippen LogP contribution in [-0.4, -0.2) is 33.4 Å². The third kappa shape index (κ3) is 2.97. The smallest absolute Gasteiger partial charge is 0.364 e. The lowest BCUT2D eigenvalue weighted by molar-refractivity contribution is 0.0510. The summed E-state index contributed by atoms with van der Waals surface area (Å²) in [4.78, 5) is 11.9. The zero-order valence-electron chi connectivity index (χ0n) is 12.4. The molecule has 0 saturated carbocycles. The molecule has 0 N–H and O–H groups in total. The van der Waals surface area contributed by atoms with E-state index in [1.165, 1.54) is 15.6 Å². The zero-order valence-corrected chi connectivity index (χ0v) is 13.5. The Hall–Kier alpha value is -1.94. The number of ether oxygens (including phenoxy) is 2. The molecule has 2 unspecified atom stereocenters. The standard InChI is InChI=1S/C15H18N3O3P/c1-2-20-15(19)13-14(18(22)17-16-13)21-12-8-7-10-5-3-4-6-11(10)9-12/h3-6,12H,2,7-9,22H2,1H3. The molecule has 0 saturated heterocycles. The van der Waals surface area contributed by atoms with Gasteiger partial charge < -0.3 is 9.47 Å². The van der Waals surface area contributed by atoms with Crippen LogP contribution in [0.15, 0.2) is 24.3 Å². The number of carbonyl (C=O) groups is 1. The second-order valence-corrected chi connectivity index (χ2v) is 5.65. The van der Waals surface area contributed by atoms with E-state index in [1.54, 1.807) is 6.92 Å². The molecule has 1 heterocycles. The number of hydrogen-bond acceptors (Lipinski definition) is 5. The molecule has 0 spiro atoms. The van der Waals surface area contributed by atoms with Crippen LogP contribution in [0.1, 0.15) is 35.0 Å². The van der Waals surface area contributed by atoms with Crippen molar-refractivity contribution in [2.45, 2.75) is 32.3 Å². The van der Waals surface area contributed by atoms with Crippen molar-refractivity contribution in [3.63, 3.8) is 0 Å². The molecule has 7 heteroatoms. The van der Waals surface area contributed by atoms with Gasteiger partial charge in [0.25, 0.3) is 5.88 Å². The molecular formula is C15H18N3O3P. The van der Waals surface area contributed by atoms with Crippen molar-refractivity contribution in [3.8, 4) is 5.88 Å². The van der Waals surface area contributed by atoms with Crippen molar-refractivity contribution in [1.82, 2.24) is 14.8 Å². The van der Waals surface area contributed by atoms with Crippen LogP contribution in [-0.2, 0) is 17.6 Å². The van der Waals surface area contributed by atoms with Crippen LogP contribution in [0, 0.1) is 0 Å². The highest BCUT2D eigenvalue weighted by Crippen LogP contribution is 2.27. The topological polar surface area (TPSA) is 66.2 Å². The Morgan fingerprint density at radius 1 is 1.41 bits per heavy atom. The number of hydrogen-bond donors (Lipinski definition) is 0. The Morgan fingerprint density at radius 3 is 2.95 bits per heavy atom. The number of rotatable bonds is 4. The van der Waals surface area contributed by atoms with Crippen molar-refractivity contribution in [3.05, 3.63) is 41.1 Å². The Balaban J connectivity index is 1.77. The van der Waals surface area contributed by atoms with Crippen molar-refractivity contribution in [1.29, 1.82) is 0 Å². The van der Waals surface area contributed by atoms with Crippen LogP contribution < -0.4 is 4.74 Å². The molecule has 0 bridgehead atoms. The summed E-state index contributed by atoms with van der Waals surface area (Å²) in [6, 6.07) is 8.36. The molecule has 2 atom stereocenters. The number of fused-ring (bicyclic) bond motifs is 1. The number of aromatic nitrogens is 3. The first-order valence-electron chi connectivity index (χ1n) is 7.30. The molecule has 3 rings (SSSR count). The lowest BCUT2D eigenvalue weighted by atomic mass is 9.90. The minimum absolute atomic E-state index is 0.000812. The molecule has 0 radical (unpaired) electrons. The highest BCUT2D eigenvalue weighted by atomic mass is 31.0. The maximum atomic E-state index is 11.9. The van der Waals surface area contributed by atoms with Gasteiger partial charge in [-0.1, -0.05) is 29.5 Å². The fourth-order valence-electron chi connectivity index (χ4n) is 2.65. The highest BCUT2D eigenvalue weighted by molar-refractivity contribution is 7.14. The molecule has 0 aliphatic heterocycles. The summed E-state index contributed by atoms with van der Waals surface area (Å²) in [5.74, 6) is -0.171. The third-order valence-corrected chi connectivity index (χ3v) is 4.04. The molecule has 1 aliphatic carbocycles. The van der Waals surface area contributed by atoms with Crippen molar-refractivity contribution in [2.75, 3.05) is 6.61 Å². The zero-order chi connectivity index (χ0) is 15.5. The van der Waals surface area contributed by atoms with Gasteiger partial charge in [0.2, 0.25) is 5.69 Å². The monoisotopic (exact) mass is 319 g/mol. The lowest BCUT2D eigenvalue weighted by Crippen LogP contribution is -2.26. The number of esters is 1. The van der Waals surface area contributed by atoms with Crippen LogP contribution in [0.4, 0.5) is 0 Å². The Morgan fingerprint density at radius 2 is 2.18 bits per heavy atom. The van der Waals surface area contributed by atoms with E-state index in [9.17, 15) is 4.79 Å². The van der Waals surface area contributed by atoms with Gasteiger partial charge in [0.1, 0.15) is 6.10 Å². The Bertz CT molecular complexity index is 686. The molecule has 6 nitrogen and oxygen atoms in total. The summed E-state index contributed by atoms with van der Waals surface area (Å²) in [6.07, 6.45) is 2.68. The molecule has 1 aliphatic rings. The number of benzene rings is 1. The van der Waals surface area contributed by atoms with Crippen molar-refractivity contribution in [2.24, 2.45) is 0 Å². The quantitative estimate of drug-likeness (QED) is 0.637. The van der Waals surface area contributed by atoms with E-state index in [2.05, 4.69) is 37.9 Å². The normalized spacial score (nSPS) is 16.9. The van der Waals surface area contributed by atoms with Crippen LogP contribution >= 0.6 is 9.39 Å². The molecule has 0 amide bonds. The van der Waals surface area contributed by atoms with Gasteiger partial charge in [-0.2, -0.15) is 4.45 Å². The second-order valence-electron chi connectivity index (χ2n) is 5.16. The van der Waals surface area contributed by atoms with E-state index >= 15 is 0 Å². The largest absolute Gasteiger partial charge is 0.472 e. The van der Waals surface area contributed by atoms with Gasteiger partial charge in [-0.3, -0.25) is 0 Å². The van der Waals surface area contributed by atoms with Gasteiger partial charge in [-0.05, 0) is 40.3 Å². The number of carbonyl (C=O) groups excluding carboxylic acids is 1. The average molecular weight is 319 g/mol. The fraction of sp³-hybridized carbons (Fsp3) is 0.400. The molecular weight excluding hydrogens is 301 g/mol. The molecule has 116 valence electrons. The summed E-state index contributed by atoms with van der Waals surface area (Å²) in [7, 11) is 2.37. The number of aryl methyl sites for hydroxylation is 1. The molecule has 2 aromatic rings. The van der Waals surface area contributed by atoms with Gasteiger partial charge in [-0.15, -0.1) is 5.10 Å². The molecule has 22 heavy (non-hydrogen) atoms. The van der Waals surface area contributed by atoms with Crippen LogP contribution in [0.2, 0.25) is 0 Å².